The number of unbranched alkanes of at least 4 members (excludes halogenated alkanes) is 3. The first-order valence-corrected chi connectivity index (χ1v) is 11.8. The van der Waals surface area contributed by atoms with Crippen LogP contribution in [0, 0.1) is 0 Å². The molecule has 10 nitrogen and oxygen atoms in total. The van der Waals surface area contributed by atoms with Gasteiger partial charge in [-0.15, -0.1) is 0 Å². The zero-order valence-corrected chi connectivity index (χ0v) is 18.9. The van der Waals surface area contributed by atoms with Crippen molar-refractivity contribution in [1.82, 2.24) is 15.1 Å². The zero-order chi connectivity index (χ0) is 23.2. The lowest BCUT2D eigenvalue weighted by atomic mass is 10.0. The van der Waals surface area contributed by atoms with Crippen LogP contribution in [-0.2, 0) is 16.1 Å². The predicted molar refractivity (Wildman–Crippen MR) is 124 cm³/mol. The van der Waals surface area contributed by atoms with E-state index in [-0.39, 0.29) is 24.1 Å². The minimum absolute atomic E-state index is 0.129. The Hall–Kier alpha value is -3.10. The van der Waals surface area contributed by atoms with E-state index in [0.29, 0.717) is 25.1 Å². The highest BCUT2D eigenvalue weighted by Gasteiger charge is 2.39. The van der Waals surface area contributed by atoms with Gasteiger partial charge in [0.05, 0.1) is 0 Å². The summed E-state index contributed by atoms with van der Waals surface area (Å²) >= 11 is 0. The number of rotatable bonds is 9. The largest absolute Gasteiger partial charge is 0.369 e. The van der Waals surface area contributed by atoms with Gasteiger partial charge < -0.3 is 9.80 Å². The molecule has 3 heterocycles. The molecule has 0 bridgehead atoms. The van der Waals surface area contributed by atoms with Gasteiger partial charge in [-0.05, 0) is 55.1 Å². The van der Waals surface area contributed by atoms with Gasteiger partial charge in [0.15, 0.2) is 0 Å². The first kappa shape index (κ1) is 23.1. The topological polar surface area (TPSA) is 122 Å². The Labute approximate surface area is 193 Å². The molecule has 0 saturated carbocycles. The Morgan fingerprint density at radius 1 is 1.06 bits per heavy atom. The van der Waals surface area contributed by atoms with E-state index in [4.69, 9.17) is 5.53 Å². The number of amides is 3. The average molecular weight is 454 g/mol. The number of hydrogen-bond acceptors (Lipinski definition) is 6. The van der Waals surface area contributed by atoms with Crippen molar-refractivity contribution in [2.24, 2.45) is 5.11 Å². The molecule has 3 amide bonds. The molecule has 1 atom stereocenters. The van der Waals surface area contributed by atoms with Gasteiger partial charge in [-0.2, -0.15) is 0 Å². The summed E-state index contributed by atoms with van der Waals surface area (Å²) in [6.45, 7) is 6.00. The summed E-state index contributed by atoms with van der Waals surface area (Å²) in [6, 6.07) is 5.39. The average Bonchev–Trinajstić information content (AvgIpc) is 3.14. The zero-order valence-electron chi connectivity index (χ0n) is 18.9. The molecule has 1 aromatic rings. The molecule has 3 aliphatic heterocycles. The molecule has 1 unspecified atom stereocenters. The monoisotopic (exact) mass is 453 g/mol. The molecule has 2 saturated heterocycles. The number of azide groups is 1. The highest BCUT2D eigenvalue weighted by molar-refractivity contribution is 6.05. The lowest BCUT2D eigenvalue weighted by Gasteiger charge is -2.36. The number of nitrogens with zero attached hydrogens (tertiary/aromatic N) is 6. The Morgan fingerprint density at radius 2 is 1.85 bits per heavy atom. The molecule has 2 fully saturated rings. The molecular formula is C23H31N7O3. The molecule has 4 rings (SSSR count). The second kappa shape index (κ2) is 10.7. The molecule has 3 aliphatic rings. The third-order valence-corrected chi connectivity index (χ3v) is 6.79. The Kier molecular flexibility index (Phi) is 7.47. The lowest BCUT2D eigenvalue weighted by Crippen LogP contribution is -2.52. The number of anilines is 1. The van der Waals surface area contributed by atoms with Gasteiger partial charge in [-0.3, -0.25) is 24.6 Å². The van der Waals surface area contributed by atoms with Gasteiger partial charge in [0.25, 0.3) is 5.91 Å². The fourth-order valence-corrected chi connectivity index (χ4v) is 4.90. The van der Waals surface area contributed by atoms with Crippen molar-refractivity contribution >= 4 is 23.4 Å². The first-order chi connectivity index (χ1) is 16.1. The molecule has 0 aliphatic carbocycles. The molecule has 0 spiro atoms. The maximum atomic E-state index is 12.9. The predicted octanol–water partition coefficient (Wildman–Crippen LogP) is 2.44. The molecule has 0 radical (unpaired) electrons. The fourth-order valence-electron chi connectivity index (χ4n) is 4.90. The molecule has 10 heteroatoms. The minimum atomic E-state index is -0.575. The number of carbonyl (C=O) groups excluding carboxylic acids is 3. The summed E-state index contributed by atoms with van der Waals surface area (Å²) in [7, 11) is 0. The van der Waals surface area contributed by atoms with Crippen molar-refractivity contribution in [2.45, 2.75) is 51.1 Å². The van der Waals surface area contributed by atoms with Crippen LogP contribution in [0.1, 0.15) is 54.4 Å². The third-order valence-electron chi connectivity index (χ3n) is 6.79. The summed E-state index contributed by atoms with van der Waals surface area (Å²) in [5.74, 6) is -0.776. The van der Waals surface area contributed by atoms with E-state index in [9.17, 15) is 14.4 Å². The van der Waals surface area contributed by atoms with Crippen molar-refractivity contribution in [2.75, 3.05) is 44.2 Å². The number of fused-ring (bicyclic) bond motifs is 1. The van der Waals surface area contributed by atoms with Crippen LogP contribution >= 0.6 is 0 Å². The van der Waals surface area contributed by atoms with Gasteiger partial charge in [0.1, 0.15) is 6.04 Å². The van der Waals surface area contributed by atoms with Crippen molar-refractivity contribution in [1.29, 1.82) is 0 Å². The fraction of sp³-hybridized carbons (Fsp3) is 0.609. The van der Waals surface area contributed by atoms with E-state index in [1.54, 1.807) is 4.90 Å². The van der Waals surface area contributed by atoms with Crippen LogP contribution in [0.25, 0.3) is 10.4 Å². The van der Waals surface area contributed by atoms with Crippen LogP contribution < -0.4 is 10.2 Å². The van der Waals surface area contributed by atoms with E-state index >= 15 is 0 Å². The van der Waals surface area contributed by atoms with Crippen LogP contribution in [0.3, 0.4) is 0 Å². The van der Waals surface area contributed by atoms with Crippen LogP contribution in [0.2, 0.25) is 0 Å². The van der Waals surface area contributed by atoms with Gasteiger partial charge >= 0.3 is 0 Å². The quantitative estimate of drug-likeness (QED) is 0.202. The summed E-state index contributed by atoms with van der Waals surface area (Å²) in [6.07, 6.45) is 5.02. The van der Waals surface area contributed by atoms with Crippen molar-refractivity contribution in [3.8, 4) is 0 Å². The molecule has 1 aromatic carbocycles. The summed E-state index contributed by atoms with van der Waals surface area (Å²) < 4.78 is 0. The smallest absolute Gasteiger partial charge is 0.255 e. The maximum Gasteiger partial charge on any atom is 0.255 e. The van der Waals surface area contributed by atoms with Crippen LogP contribution in [0.4, 0.5) is 5.69 Å². The number of imide groups is 1. The Morgan fingerprint density at radius 3 is 2.61 bits per heavy atom. The van der Waals surface area contributed by atoms with E-state index in [2.05, 4.69) is 31.2 Å². The third kappa shape index (κ3) is 5.46. The van der Waals surface area contributed by atoms with E-state index in [1.807, 2.05) is 12.1 Å². The van der Waals surface area contributed by atoms with E-state index < -0.39 is 6.04 Å². The standard InChI is InChI=1S/C23H31N7O3/c24-27-25-9-3-1-2-4-10-28-11-13-29(14-12-28)18-5-6-19-17(15-18)16-30(23(19)33)20-7-8-21(31)26-22(20)32/h5-6,15,20H,1-4,7-14,16H2,(H,26,31,32). The first-order valence-electron chi connectivity index (χ1n) is 11.8. The second-order valence-electron chi connectivity index (χ2n) is 8.94. The van der Waals surface area contributed by atoms with Crippen molar-refractivity contribution in [3.05, 3.63) is 39.8 Å². The molecule has 1 N–H and O–H groups in total. The summed E-state index contributed by atoms with van der Waals surface area (Å²) in [5.41, 5.74) is 11.0. The molecular weight excluding hydrogens is 422 g/mol. The highest BCUT2D eigenvalue weighted by atomic mass is 16.2. The van der Waals surface area contributed by atoms with Gasteiger partial charge in [0, 0.05) is 61.9 Å². The van der Waals surface area contributed by atoms with Crippen molar-refractivity contribution < 1.29 is 14.4 Å². The maximum absolute atomic E-state index is 12.9. The number of carbonyl (C=O) groups is 3. The Balaban J connectivity index is 1.26. The van der Waals surface area contributed by atoms with Crippen LogP contribution in [-0.4, -0.2) is 72.8 Å². The number of piperidine rings is 1. The van der Waals surface area contributed by atoms with Crippen LogP contribution in [0.15, 0.2) is 23.3 Å². The SMILES string of the molecule is [N-]=[N+]=NCCCCCCN1CCN(c2ccc3c(c2)CN(C2CCC(=O)NC2=O)C3=O)CC1. The van der Waals surface area contributed by atoms with Crippen molar-refractivity contribution in [3.63, 3.8) is 0 Å². The molecule has 33 heavy (non-hydrogen) atoms. The number of piperazine rings is 1. The van der Waals surface area contributed by atoms with Gasteiger partial charge in [-0.1, -0.05) is 18.0 Å². The van der Waals surface area contributed by atoms with Gasteiger partial charge in [0.2, 0.25) is 11.8 Å². The number of benzene rings is 1. The molecule has 176 valence electrons. The summed E-state index contributed by atoms with van der Waals surface area (Å²) in [5, 5.41) is 5.92. The Bertz CT molecular complexity index is 951. The summed E-state index contributed by atoms with van der Waals surface area (Å²) in [4.78, 5) is 45.8. The normalized spacial score (nSPS) is 21.1. The van der Waals surface area contributed by atoms with Crippen LogP contribution in [0.5, 0.6) is 0 Å². The number of nitrogens with one attached hydrogen (secondary N) is 1. The van der Waals surface area contributed by atoms with E-state index in [1.165, 1.54) is 0 Å². The number of hydrogen-bond donors (Lipinski definition) is 1. The minimum Gasteiger partial charge on any atom is -0.369 e. The lowest BCUT2D eigenvalue weighted by molar-refractivity contribution is -0.136. The van der Waals surface area contributed by atoms with Gasteiger partial charge in [-0.25, -0.2) is 0 Å². The highest BCUT2D eigenvalue weighted by Crippen LogP contribution is 2.31. The molecule has 0 aromatic heterocycles. The van der Waals surface area contributed by atoms with E-state index in [0.717, 1.165) is 69.7 Å². The second-order valence-corrected chi connectivity index (χ2v) is 8.94.